The van der Waals surface area contributed by atoms with Gasteiger partial charge in [0, 0.05) is 0 Å². The van der Waals surface area contributed by atoms with Crippen molar-refractivity contribution in [3.05, 3.63) is 155 Å². The Morgan fingerprint density at radius 2 is 0.880 bits per heavy atom. The zero-order chi connectivity index (χ0) is 34.6. The van der Waals surface area contributed by atoms with Crippen LogP contribution < -0.4 is 0 Å². The predicted octanol–water partition coefficient (Wildman–Crippen LogP) is 14.5. The van der Waals surface area contributed by atoms with E-state index in [1.54, 1.807) is 0 Å². The van der Waals surface area contributed by atoms with Crippen LogP contribution >= 0.6 is 17.0 Å². The molecule has 0 fully saturated rings. The molecule has 4 heteroatoms. The molecule has 0 aliphatic heterocycles. The molecule has 0 radical (unpaired) electrons. The fourth-order valence-corrected chi connectivity index (χ4v) is 41.0. The normalized spacial score (nSPS) is 17.8. The number of halogens is 2. The zero-order valence-corrected chi connectivity index (χ0v) is 34.6. The van der Waals surface area contributed by atoms with E-state index in [1.807, 2.05) is 0 Å². The Balaban J connectivity index is 1.36. The van der Waals surface area contributed by atoms with E-state index in [0.29, 0.717) is 0 Å². The van der Waals surface area contributed by atoms with Crippen LogP contribution in [-0.2, 0) is 15.6 Å². The molecule has 0 amide bonds. The fraction of sp³-hybridized carbons (Fsp3) is 0.217. The number of rotatable bonds is 9. The number of allylic oxidation sites excluding steroid dienone is 2. The molecule has 2 aliphatic carbocycles. The van der Waals surface area contributed by atoms with Gasteiger partial charge in [-0.25, -0.2) is 0 Å². The Hall–Kier alpha value is -3.00. The van der Waals surface area contributed by atoms with Gasteiger partial charge in [0.15, 0.2) is 0 Å². The van der Waals surface area contributed by atoms with E-state index in [0.717, 1.165) is 25.7 Å². The van der Waals surface area contributed by atoms with Crippen LogP contribution in [0.15, 0.2) is 132 Å². The van der Waals surface area contributed by atoms with Crippen LogP contribution in [0.2, 0.25) is 13.1 Å². The zero-order valence-electron chi connectivity index (χ0n) is 29.5. The summed E-state index contributed by atoms with van der Waals surface area (Å²) in [5.41, 5.74) is 13.5. The van der Waals surface area contributed by atoms with E-state index in [9.17, 15) is 0 Å². The minimum atomic E-state index is -4.90. The molecule has 251 valence electrons. The molecule has 0 bridgehead atoms. The van der Waals surface area contributed by atoms with Crippen molar-refractivity contribution in [2.75, 3.05) is 0 Å². The summed E-state index contributed by atoms with van der Waals surface area (Å²) >= 11 is -4.90. The van der Waals surface area contributed by atoms with Gasteiger partial charge in [0.25, 0.3) is 0 Å². The summed E-state index contributed by atoms with van der Waals surface area (Å²) in [5.74, 6) is -1.67. The summed E-state index contributed by atoms with van der Waals surface area (Å²) in [6.45, 7) is 9.54. The van der Waals surface area contributed by atoms with Crippen molar-refractivity contribution in [2.45, 2.75) is 59.9 Å². The molecule has 0 saturated heterocycles. The Kier molecular flexibility index (Phi) is 9.00. The van der Waals surface area contributed by atoms with E-state index in [1.165, 1.54) is 77.2 Å². The number of benzene rings is 6. The predicted molar refractivity (Wildman–Crippen MR) is 221 cm³/mol. The van der Waals surface area contributed by atoms with Gasteiger partial charge in [-0.2, -0.15) is 0 Å². The van der Waals surface area contributed by atoms with Crippen LogP contribution in [0.3, 0.4) is 0 Å². The van der Waals surface area contributed by atoms with Gasteiger partial charge in [-0.1, -0.05) is 0 Å². The van der Waals surface area contributed by atoms with Crippen LogP contribution in [0.5, 0.6) is 0 Å². The summed E-state index contributed by atoms with van der Waals surface area (Å²) in [4.78, 5) is 0. The third-order valence-electron chi connectivity index (χ3n) is 11.7. The maximum atomic E-state index is 8.80. The van der Waals surface area contributed by atoms with Crippen molar-refractivity contribution in [3.8, 4) is 22.3 Å². The average Bonchev–Trinajstić information content (AvgIpc) is 3.71. The molecule has 0 heterocycles. The summed E-state index contributed by atoms with van der Waals surface area (Å²) in [5, 5.41) is 5.11. The molecular weight excluding hydrogens is 743 g/mol. The van der Waals surface area contributed by atoms with Gasteiger partial charge in [-0.15, -0.1) is 0 Å². The molecule has 0 aromatic heterocycles. The van der Waals surface area contributed by atoms with Crippen LogP contribution in [0.4, 0.5) is 0 Å². The van der Waals surface area contributed by atoms with Crippen LogP contribution in [0.1, 0.15) is 69.0 Å². The first-order valence-corrected chi connectivity index (χ1v) is 34.8. The molecule has 0 nitrogen and oxygen atoms in total. The second kappa shape index (κ2) is 13.2. The Labute approximate surface area is 306 Å². The number of hydrogen-bond acceptors (Lipinski definition) is 0. The molecule has 0 N–H and O–H groups in total. The van der Waals surface area contributed by atoms with Gasteiger partial charge in [0.05, 0.1) is 0 Å². The summed E-state index contributed by atoms with van der Waals surface area (Å²) in [6.07, 6.45) is 9.20. The molecule has 6 aromatic carbocycles. The van der Waals surface area contributed by atoms with Crippen molar-refractivity contribution in [3.63, 3.8) is 0 Å². The molecule has 2 unspecified atom stereocenters. The van der Waals surface area contributed by atoms with Crippen LogP contribution in [0, 0.1) is 0 Å². The fourth-order valence-electron chi connectivity index (χ4n) is 9.47. The van der Waals surface area contributed by atoms with Gasteiger partial charge in [-0.3, -0.25) is 0 Å². The maximum absolute atomic E-state index is 8.80. The summed E-state index contributed by atoms with van der Waals surface area (Å²) in [7, 11) is 17.6. The Morgan fingerprint density at radius 3 is 1.30 bits per heavy atom. The number of fused-ring (bicyclic) bond motifs is 4. The van der Waals surface area contributed by atoms with Crippen molar-refractivity contribution >= 4 is 56.6 Å². The number of hydrogen-bond donors (Lipinski definition) is 0. The van der Waals surface area contributed by atoms with E-state index < -0.39 is 21.5 Å². The van der Waals surface area contributed by atoms with Gasteiger partial charge in [0.2, 0.25) is 0 Å². The second-order valence-electron chi connectivity index (χ2n) is 14.9. The first kappa shape index (κ1) is 34.1. The average molecular weight is 788 g/mol. The third kappa shape index (κ3) is 5.24. The monoisotopic (exact) mass is 785 g/mol. The van der Waals surface area contributed by atoms with E-state index in [4.69, 9.17) is 17.0 Å². The second-order valence-corrected chi connectivity index (χ2v) is 57.4. The Bertz CT molecular complexity index is 2180. The van der Waals surface area contributed by atoms with Crippen LogP contribution in [0.25, 0.3) is 56.0 Å². The molecule has 8 rings (SSSR count). The van der Waals surface area contributed by atoms with E-state index in [2.05, 4.69) is 160 Å². The molecular formula is C46H45Cl2SiZr. The molecule has 0 saturated carbocycles. The van der Waals surface area contributed by atoms with Crippen molar-refractivity contribution in [2.24, 2.45) is 0 Å². The summed E-state index contributed by atoms with van der Waals surface area (Å²) < 4.78 is 0.183. The molecule has 2 atom stereocenters. The topological polar surface area (TPSA) is 0 Å². The van der Waals surface area contributed by atoms with Crippen molar-refractivity contribution in [1.82, 2.24) is 0 Å². The first-order chi connectivity index (χ1) is 24.3. The van der Waals surface area contributed by atoms with Gasteiger partial charge in [-0.05, 0) is 0 Å². The molecule has 50 heavy (non-hydrogen) atoms. The van der Waals surface area contributed by atoms with E-state index >= 15 is 0 Å². The quantitative estimate of drug-likeness (QED) is 0.128. The minimum absolute atomic E-state index is 0.0914. The third-order valence-corrected chi connectivity index (χ3v) is 63.6. The molecule has 0 spiro atoms. The van der Waals surface area contributed by atoms with Gasteiger partial charge < -0.3 is 0 Å². The van der Waals surface area contributed by atoms with Crippen molar-refractivity contribution < 1.29 is 15.6 Å². The van der Waals surface area contributed by atoms with E-state index in [-0.39, 0.29) is 7.25 Å². The molecule has 6 aromatic rings. The first-order valence-electron chi connectivity index (χ1n) is 18.5. The standard InChI is InChI=1S/2C22H19.C2H7Si.2ClH.Zr/c2*1-2-7-16-14-18-10-6-13-21(22(18)15-16)20-12-5-9-17-8-3-4-11-19(17)20;1-3-2;;;/h2*3-6,8-15H,2,7H2,1H3;3H,1-2H3;2*1H;/q;;;;;+2/p-2. The van der Waals surface area contributed by atoms with Crippen LogP contribution in [-0.4, -0.2) is 5.92 Å². The van der Waals surface area contributed by atoms with Gasteiger partial charge >= 0.3 is 309 Å². The Morgan fingerprint density at radius 1 is 0.500 bits per heavy atom. The summed E-state index contributed by atoms with van der Waals surface area (Å²) in [6, 6.07) is 44.8. The van der Waals surface area contributed by atoms with Crippen molar-refractivity contribution in [1.29, 1.82) is 0 Å². The SMILES string of the molecule is CCCC1=Cc2c(-c3cccc4ccccc34)cccc2[CH]1[Zr]([Cl])([Cl])([CH]1C(CCC)=Cc2c(-c3cccc4ccccc34)cccc21)[SiH](C)C. The molecule has 2 aliphatic rings. The van der Waals surface area contributed by atoms with Gasteiger partial charge in [0.1, 0.15) is 0 Å².